The number of hydrogen-bond acceptors (Lipinski definition) is 4. The smallest absolute Gasteiger partial charge is 0.255 e. The van der Waals surface area contributed by atoms with Crippen LogP contribution >= 0.6 is 0 Å². The molecule has 3 heterocycles. The summed E-state index contributed by atoms with van der Waals surface area (Å²) < 4.78 is 6.04. The van der Waals surface area contributed by atoms with Crippen molar-refractivity contribution in [3.8, 4) is 0 Å². The minimum Gasteiger partial charge on any atom is -0.373 e. The van der Waals surface area contributed by atoms with Gasteiger partial charge in [-0.05, 0) is 31.4 Å². The van der Waals surface area contributed by atoms with Crippen LogP contribution < -0.4 is 5.32 Å². The van der Waals surface area contributed by atoms with Crippen molar-refractivity contribution >= 4 is 11.8 Å². The van der Waals surface area contributed by atoms with E-state index in [1.54, 1.807) is 24.5 Å². The molecule has 0 aromatic carbocycles. The van der Waals surface area contributed by atoms with Crippen LogP contribution in [0.5, 0.6) is 0 Å². The van der Waals surface area contributed by atoms with Crippen LogP contribution in [0.2, 0.25) is 0 Å². The highest BCUT2D eigenvalue weighted by molar-refractivity contribution is 5.93. The molecule has 2 aliphatic rings. The molecule has 6 heteroatoms. The van der Waals surface area contributed by atoms with E-state index in [9.17, 15) is 9.59 Å². The lowest BCUT2D eigenvalue weighted by atomic mass is 9.87. The van der Waals surface area contributed by atoms with Gasteiger partial charge < -0.3 is 15.0 Å². The number of nitrogens with one attached hydrogen (secondary N) is 1. The maximum Gasteiger partial charge on any atom is 0.255 e. The highest BCUT2D eigenvalue weighted by atomic mass is 16.5. The highest BCUT2D eigenvalue weighted by Crippen LogP contribution is 2.36. The highest BCUT2D eigenvalue weighted by Gasteiger charge is 2.43. The van der Waals surface area contributed by atoms with E-state index in [4.69, 9.17) is 4.74 Å². The number of ether oxygens (including phenoxy) is 1. The van der Waals surface area contributed by atoms with Crippen LogP contribution in [-0.2, 0) is 9.53 Å². The molecule has 130 valence electrons. The summed E-state index contributed by atoms with van der Waals surface area (Å²) in [6.07, 6.45) is 5.73. The fourth-order valence-corrected chi connectivity index (χ4v) is 3.44. The van der Waals surface area contributed by atoms with Gasteiger partial charge in [0.15, 0.2) is 0 Å². The van der Waals surface area contributed by atoms with Gasteiger partial charge in [-0.1, -0.05) is 13.8 Å². The molecule has 1 N–H and O–H groups in total. The van der Waals surface area contributed by atoms with Crippen molar-refractivity contribution < 1.29 is 14.3 Å². The van der Waals surface area contributed by atoms with Crippen LogP contribution in [0, 0.1) is 5.92 Å². The number of carbonyl (C=O) groups excluding carboxylic acids is 2. The van der Waals surface area contributed by atoms with Crippen LogP contribution in [-0.4, -0.2) is 53.0 Å². The van der Waals surface area contributed by atoms with Crippen LogP contribution in [0.4, 0.5) is 0 Å². The molecule has 24 heavy (non-hydrogen) atoms. The minimum absolute atomic E-state index is 0.0134. The number of likely N-dealkylation sites (tertiary alicyclic amines) is 1. The zero-order valence-corrected chi connectivity index (χ0v) is 14.3. The Bertz CT molecular complexity index is 595. The molecule has 1 spiro atoms. The number of pyridine rings is 1. The van der Waals surface area contributed by atoms with Gasteiger partial charge in [-0.25, -0.2) is 0 Å². The van der Waals surface area contributed by atoms with E-state index >= 15 is 0 Å². The molecule has 0 unspecified atom stereocenters. The van der Waals surface area contributed by atoms with E-state index in [2.05, 4.69) is 10.3 Å². The molecule has 0 saturated carbocycles. The lowest BCUT2D eigenvalue weighted by Gasteiger charge is -2.38. The number of carbonyl (C=O) groups is 2. The van der Waals surface area contributed by atoms with E-state index < -0.39 is 0 Å². The summed E-state index contributed by atoms with van der Waals surface area (Å²) in [6.45, 7) is 5.71. The first-order chi connectivity index (χ1) is 11.5. The maximum absolute atomic E-state index is 12.5. The Morgan fingerprint density at radius 1 is 1.38 bits per heavy atom. The van der Waals surface area contributed by atoms with Gasteiger partial charge in [0.2, 0.25) is 5.91 Å². The normalized spacial score (nSPS) is 22.8. The fourth-order valence-electron chi connectivity index (χ4n) is 3.44. The molecule has 3 rings (SSSR count). The second-order valence-corrected chi connectivity index (χ2v) is 7.09. The molecule has 0 radical (unpaired) electrons. The van der Waals surface area contributed by atoms with Crippen LogP contribution in [0.3, 0.4) is 0 Å². The number of hydrogen-bond donors (Lipinski definition) is 1. The van der Waals surface area contributed by atoms with E-state index in [0.29, 0.717) is 25.3 Å². The summed E-state index contributed by atoms with van der Waals surface area (Å²) in [7, 11) is 0. The first kappa shape index (κ1) is 16.9. The van der Waals surface area contributed by atoms with Crippen LogP contribution in [0.15, 0.2) is 24.5 Å². The molecule has 0 aliphatic carbocycles. The van der Waals surface area contributed by atoms with E-state index in [0.717, 1.165) is 19.3 Å². The Balaban J connectivity index is 1.54. The van der Waals surface area contributed by atoms with E-state index in [1.807, 2.05) is 18.7 Å². The molecule has 1 atom stereocenters. The number of nitrogens with zero attached hydrogens (tertiary/aromatic N) is 2. The molecule has 2 saturated heterocycles. The summed E-state index contributed by atoms with van der Waals surface area (Å²) in [5.74, 6) is 0.0888. The number of rotatable bonds is 3. The Labute approximate surface area is 142 Å². The van der Waals surface area contributed by atoms with Gasteiger partial charge in [0.1, 0.15) is 0 Å². The van der Waals surface area contributed by atoms with Crippen molar-refractivity contribution in [2.24, 2.45) is 5.92 Å². The Morgan fingerprint density at radius 3 is 2.75 bits per heavy atom. The zero-order chi connectivity index (χ0) is 17.2. The van der Waals surface area contributed by atoms with Gasteiger partial charge in [-0.2, -0.15) is 0 Å². The standard InChI is InChI=1S/C18H25N3O3/c1-13(2)16(22)20-15-10-18(24-12-15)5-8-21(9-6-18)17(23)14-4-3-7-19-11-14/h3-4,7,11,13,15H,5-6,8-10,12H2,1-2H3,(H,20,22)/t15-/m0/s1. The van der Waals surface area contributed by atoms with Crippen molar-refractivity contribution in [2.45, 2.75) is 44.8 Å². The van der Waals surface area contributed by atoms with Gasteiger partial charge in [0.05, 0.1) is 23.8 Å². The molecular weight excluding hydrogens is 306 g/mol. The average Bonchev–Trinajstić information content (AvgIpc) is 2.98. The predicted molar refractivity (Wildman–Crippen MR) is 89.4 cm³/mol. The van der Waals surface area contributed by atoms with Crippen LogP contribution in [0.1, 0.15) is 43.5 Å². The molecule has 2 aliphatic heterocycles. The second kappa shape index (κ2) is 6.89. The van der Waals surface area contributed by atoms with Crippen molar-refractivity contribution in [3.05, 3.63) is 30.1 Å². The van der Waals surface area contributed by atoms with Crippen molar-refractivity contribution in [1.29, 1.82) is 0 Å². The number of piperidine rings is 1. The molecular formula is C18H25N3O3. The molecule has 1 aromatic heterocycles. The van der Waals surface area contributed by atoms with Crippen LogP contribution in [0.25, 0.3) is 0 Å². The SMILES string of the molecule is CC(C)C(=O)N[C@@H]1COC2(CCN(C(=O)c3cccnc3)CC2)C1. The van der Waals surface area contributed by atoms with Gasteiger partial charge in [-0.15, -0.1) is 0 Å². The predicted octanol–water partition coefficient (Wildman–Crippen LogP) is 1.62. The molecule has 2 fully saturated rings. The van der Waals surface area contributed by atoms with E-state index in [-0.39, 0.29) is 29.4 Å². The van der Waals surface area contributed by atoms with Crippen molar-refractivity contribution in [3.63, 3.8) is 0 Å². The summed E-state index contributed by atoms with van der Waals surface area (Å²) in [5.41, 5.74) is 0.434. The molecule has 0 bridgehead atoms. The van der Waals surface area contributed by atoms with Gasteiger partial charge in [0, 0.05) is 31.4 Å². The third-order valence-corrected chi connectivity index (χ3v) is 4.95. The maximum atomic E-state index is 12.5. The zero-order valence-electron chi connectivity index (χ0n) is 14.3. The quantitative estimate of drug-likeness (QED) is 0.913. The van der Waals surface area contributed by atoms with Crippen molar-refractivity contribution in [1.82, 2.24) is 15.2 Å². The lowest BCUT2D eigenvalue weighted by Crippen LogP contribution is -2.47. The minimum atomic E-state index is -0.194. The van der Waals surface area contributed by atoms with Crippen molar-refractivity contribution in [2.75, 3.05) is 19.7 Å². The van der Waals surface area contributed by atoms with Gasteiger partial charge in [0.25, 0.3) is 5.91 Å². The second-order valence-electron chi connectivity index (χ2n) is 7.09. The Kier molecular flexibility index (Phi) is 4.85. The lowest BCUT2D eigenvalue weighted by molar-refractivity contribution is -0.124. The molecule has 6 nitrogen and oxygen atoms in total. The summed E-state index contributed by atoms with van der Waals surface area (Å²) in [4.78, 5) is 30.2. The monoisotopic (exact) mass is 331 g/mol. The third-order valence-electron chi connectivity index (χ3n) is 4.95. The summed E-state index contributed by atoms with van der Waals surface area (Å²) in [5, 5.41) is 3.06. The Morgan fingerprint density at radius 2 is 2.12 bits per heavy atom. The third kappa shape index (κ3) is 3.59. The van der Waals surface area contributed by atoms with Gasteiger partial charge >= 0.3 is 0 Å². The molecule has 1 aromatic rings. The largest absolute Gasteiger partial charge is 0.373 e. The van der Waals surface area contributed by atoms with Gasteiger partial charge in [-0.3, -0.25) is 14.6 Å². The summed E-state index contributed by atoms with van der Waals surface area (Å²) in [6, 6.07) is 3.66. The number of amides is 2. The number of aromatic nitrogens is 1. The first-order valence-corrected chi connectivity index (χ1v) is 8.63. The Hall–Kier alpha value is -1.95. The topological polar surface area (TPSA) is 71.5 Å². The first-order valence-electron chi connectivity index (χ1n) is 8.63. The van der Waals surface area contributed by atoms with E-state index in [1.165, 1.54) is 0 Å². The fraction of sp³-hybridized carbons (Fsp3) is 0.611. The average molecular weight is 331 g/mol. The summed E-state index contributed by atoms with van der Waals surface area (Å²) >= 11 is 0. The molecule has 2 amide bonds.